The number of amides is 1. The predicted molar refractivity (Wildman–Crippen MR) is 71.6 cm³/mol. The summed E-state index contributed by atoms with van der Waals surface area (Å²) in [5.74, 6) is 0.103. The molecule has 17 heavy (non-hydrogen) atoms. The van der Waals surface area contributed by atoms with Crippen molar-refractivity contribution >= 4 is 29.7 Å². The first-order valence-electron chi connectivity index (χ1n) is 5.74. The molecule has 1 fully saturated rings. The van der Waals surface area contributed by atoms with E-state index >= 15 is 0 Å². The van der Waals surface area contributed by atoms with Crippen LogP contribution in [0.1, 0.15) is 29.7 Å². The summed E-state index contributed by atoms with van der Waals surface area (Å²) in [5.41, 5.74) is 0. The summed E-state index contributed by atoms with van der Waals surface area (Å²) in [7, 11) is 0. The van der Waals surface area contributed by atoms with Crippen molar-refractivity contribution in [2.75, 3.05) is 6.54 Å². The first-order valence-corrected chi connectivity index (χ1v) is 6.56. The number of carbonyl (C=O) groups excluding carboxylic acids is 1. The van der Waals surface area contributed by atoms with Crippen LogP contribution in [-0.2, 0) is 17.8 Å². The van der Waals surface area contributed by atoms with Crippen LogP contribution >= 0.6 is 23.7 Å². The Labute approximate surface area is 112 Å². The molecule has 2 N–H and O–H groups in total. The lowest BCUT2D eigenvalue weighted by molar-refractivity contribution is -0.122. The van der Waals surface area contributed by atoms with Gasteiger partial charge in [0.2, 0.25) is 5.91 Å². The van der Waals surface area contributed by atoms with Crippen molar-refractivity contribution < 1.29 is 4.79 Å². The molecule has 1 aliphatic rings. The number of nitrogens with zero attached hydrogens (tertiary/aromatic N) is 1. The highest BCUT2D eigenvalue weighted by Crippen LogP contribution is 2.13. The largest absolute Gasteiger partial charge is 0.348 e. The molecule has 1 aromatic rings. The summed E-state index contributed by atoms with van der Waals surface area (Å²) in [5, 5.41) is 7.09. The molecule has 2 heterocycles. The van der Waals surface area contributed by atoms with Crippen molar-refractivity contribution in [1.82, 2.24) is 15.6 Å². The van der Waals surface area contributed by atoms with E-state index in [1.54, 1.807) is 11.3 Å². The molecule has 1 aromatic heterocycles. The Morgan fingerprint density at radius 1 is 1.71 bits per heavy atom. The van der Waals surface area contributed by atoms with Gasteiger partial charge in [-0.1, -0.05) is 6.92 Å². The van der Waals surface area contributed by atoms with E-state index in [1.807, 2.05) is 6.20 Å². The Kier molecular flexibility index (Phi) is 5.88. The summed E-state index contributed by atoms with van der Waals surface area (Å²) in [6, 6.07) is 0.00519. The molecule has 1 atom stereocenters. The van der Waals surface area contributed by atoms with E-state index in [9.17, 15) is 4.79 Å². The van der Waals surface area contributed by atoms with Crippen LogP contribution in [0.15, 0.2) is 6.20 Å². The SMILES string of the molecule is CCc1cnc(CNC(=O)[C@@H]2CCCN2)s1.Cl. The number of hydrogen-bond donors (Lipinski definition) is 2. The van der Waals surface area contributed by atoms with E-state index in [1.165, 1.54) is 4.88 Å². The minimum Gasteiger partial charge on any atom is -0.348 e. The van der Waals surface area contributed by atoms with Gasteiger partial charge in [-0.15, -0.1) is 23.7 Å². The number of aromatic nitrogens is 1. The van der Waals surface area contributed by atoms with Crippen LogP contribution in [0, 0.1) is 0 Å². The van der Waals surface area contributed by atoms with Crippen LogP contribution in [0.4, 0.5) is 0 Å². The molecule has 0 unspecified atom stereocenters. The Morgan fingerprint density at radius 2 is 2.53 bits per heavy atom. The van der Waals surface area contributed by atoms with Gasteiger partial charge < -0.3 is 10.6 Å². The number of carbonyl (C=O) groups is 1. The van der Waals surface area contributed by atoms with Gasteiger partial charge in [0.05, 0.1) is 12.6 Å². The lowest BCUT2D eigenvalue weighted by Crippen LogP contribution is -2.39. The van der Waals surface area contributed by atoms with Gasteiger partial charge in [0, 0.05) is 11.1 Å². The van der Waals surface area contributed by atoms with Gasteiger partial charge in [-0.2, -0.15) is 0 Å². The molecular formula is C11H18ClN3OS. The van der Waals surface area contributed by atoms with E-state index < -0.39 is 0 Å². The number of thiazole rings is 1. The van der Waals surface area contributed by atoms with Crippen LogP contribution in [0.3, 0.4) is 0 Å². The van der Waals surface area contributed by atoms with Gasteiger partial charge in [0.15, 0.2) is 0 Å². The van der Waals surface area contributed by atoms with E-state index in [2.05, 4.69) is 22.5 Å². The summed E-state index contributed by atoms with van der Waals surface area (Å²) in [6.07, 6.45) is 4.94. The standard InChI is InChI=1S/C11H17N3OS.ClH/c1-2-8-6-13-10(16-8)7-14-11(15)9-4-3-5-12-9;/h6,9,12H,2-5,7H2,1H3,(H,14,15);1H/t9-;/m0./s1. The molecule has 96 valence electrons. The number of nitrogens with one attached hydrogen (secondary N) is 2. The molecular weight excluding hydrogens is 258 g/mol. The van der Waals surface area contributed by atoms with E-state index in [0.29, 0.717) is 6.54 Å². The maximum atomic E-state index is 11.7. The smallest absolute Gasteiger partial charge is 0.237 e. The molecule has 1 amide bonds. The molecule has 1 aliphatic heterocycles. The molecule has 0 aromatic carbocycles. The summed E-state index contributed by atoms with van der Waals surface area (Å²) in [6.45, 7) is 3.62. The second kappa shape index (κ2) is 6.93. The van der Waals surface area contributed by atoms with Gasteiger partial charge >= 0.3 is 0 Å². The van der Waals surface area contributed by atoms with Crippen molar-refractivity contribution in [3.63, 3.8) is 0 Å². The normalized spacial score (nSPS) is 18.8. The quantitative estimate of drug-likeness (QED) is 0.876. The first-order chi connectivity index (χ1) is 7.79. The van der Waals surface area contributed by atoms with Gasteiger partial charge in [-0.05, 0) is 25.8 Å². The van der Waals surface area contributed by atoms with Crippen molar-refractivity contribution in [2.24, 2.45) is 0 Å². The highest BCUT2D eigenvalue weighted by atomic mass is 35.5. The van der Waals surface area contributed by atoms with Crippen molar-refractivity contribution in [2.45, 2.75) is 38.8 Å². The lowest BCUT2D eigenvalue weighted by Gasteiger charge is -2.09. The molecule has 6 heteroatoms. The molecule has 0 bridgehead atoms. The Balaban J connectivity index is 0.00000144. The Bertz CT molecular complexity index is 363. The molecule has 0 spiro atoms. The minimum absolute atomic E-state index is 0. The van der Waals surface area contributed by atoms with E-state index in [0.717, 1.165) is 30.8 Å². The lowest BCUT2D eigenvalue weighted by atomic mass is 10.2. The first kappa shape index (κ1) is 14.4. The third kappa shape index (κ3) is 3.94. The van der Waals surface area contributed by atoms with Crippen molar-refractivity contribution in [3.8, 4) is 0 Å². The highest BCUT2D eigenvalue weighted by Gasteiger charge is 2.21. The number of halogens is 1. The predicted octanol–water partition coefficient (Wildman–Crippen LogP) is 1.50. The average Bonchev–Trinajstić information content (AvgIpc) is 2.96. The zero-order valence-electron chi connectivity index (χ0n) is 9.86. The van der Waals surface area contributed by atoms with Gasteiger partial charge in [-0.25, -0.2) is 4.98 Å². The van der Waals surface area contributed by atoms with Crippen molar-refractivity contribution in [1.29, 1.82) is 0 Å². The number of hydrogen-bond acceptors (Lipinski definition) is 4. The minimum atomic E-state index is 0. The highest BCUT2D eigenvalue weighted by molar-refractivity contribution is 7.11. The zero-order chi connectivity index (χ0) is 11.4. The van der Waals surface area contributed by atoms with Gasteiger partial charge in [0.25, 0.3) is 0 Å². The molecule has 4 nitrogen and oxygen atoms in total. The Hall–Kier alpha value is -0.650. The zero-order valence-corrected chi connectivity index (χ0v) is 11.5. The molecule has 2 rings (SSSR count). The molecule has 0 aliphatic carbocycles. The second-order valence-corrected chi connectivity index (χ2v) is 5.14. The van der Waals surface area contributed by atoms with E-state index in [-0.39, 0.29) is 24.4 Å². The summed E-state index contributed by atoms with van der Waals surface area (Å²) < 4.78 is 0. The number of aryl methyl sites for hydroxylation is 1. The Morgan fingerprint density at radius 3 is 3.12 bits per heavy atom. The van der Waals surface area contributed by atoms with Crippen LogP contribution in [-0.4, -0.2) is 23.5 Å². The summed E-state index contributed by atoms with van der Waals surface area (Å²) in [4.78, 5) is 17.2. The molecule has 0 radical (unpaired) electrons. The fourth-order valence-corrected chi connectivity index (χ4v) is 2.59. The molecule has 1 saturated heterocycles. The topological polar surface area (TPSA) is 54.0 Å². The van der Waals surface area contributed by atoms with Crippen molar-refractivity contribution in [3.05, 3.63) is 16.1 Å². The maximum Gasteiger partial charge on any atom is 0.237 e. The van der Waals surface area contributed by atoms with Crippen LogP contribution < -0.4 is 10.6 Å². The number of rotatable bonds is 4. The van der Waals surface area contributed by atoms with Gasteiger partial charge in [0.1, 0.15) is 5.01 Å². The fraction of sp³-hybridized carbons (Fsp3) is 0.636. The monoisotopic (exact) mass is 275 g/mol. The van der Waals surface area contributed by atoms with Crippen LogP contribution in [0.2, 0.25) is 0 Å². The third-order valence-corrected chi connectivity index (χ3v) is 3.88. The maximum absolute atomic E-state index is 11.7. The molecule has 0 saturated carbocycles. The van der Waals surface area contributed by atoms with Crippen LogP contribution in [0.5, 0.6) is 0 Å². The average molecular weight is 276 g/mol. The fourth-order valence-electron chi connectivity index (χ4n) is 1.79. The second-order valence-electron chi connectivity index (χ2n) is 3.94. The van der Waals surface area contributed by atoms with Crippen LogP contribution in [0.25, 0.3) is 0 Å². The van der Waals surface area contributed by atoms with Gasteiger partial charge in [-0.3, -0.25) is 4.79 Å². The van der Waals surface area contributed by atoms with E-state index in [4.69, 9.17) is 0 Å². The third-order valence-electron chi connectivity index (χ3n) is 2.74. The summed E-state index contributed by atoms with van der Waals surface area (Å²) >= 11 is 1.67.